The molecule has 0 bridgehead atoms. The zero-order valence-electron chi connectivity index (χ0n) is 10.2. The standard InChI is InChI=1S/C13H16F3NO/c1-12(7-2-8-17-9-12)18-11-5-3-10(4-6-11)13(14,15)16/h3-6,17H,2,7-9H2,1H3/t12-/m0/s1. The predicted octanol–water partition coefficient (Wildman–Crippen LogP) is 3.23. The third kappa shape index (κ3) is 3.16. The molecule has 0 spiro atoms. The van der Waals surface area contributed by atoms with E-state index in [0.717, 1.165) is 31.5 Å². The molecule has 1 heterocycles. The van der Waals surface area contributed by atoms with Gasteiger partial charge in [-0.25, -0.2) is 0 Å². The van der Waals surface area contributed by atoms with Gasteiger partial charge >= 0.3 is 6.18 Å². The minimum Gasteiger partial charge on any atom is -0.486 e. The number of alkyl halides is 3. The molecule has 0 aromatic heterocycles. The fraction of sp³-hybridized carbons (Fsp3) is 0.538. The van der Waals surface area contributed by atoms with Crippen LogP contribution in [0.4, 0.5) is 13.2 Å². The van der Waals surface area contributed by atoms with Gasteiger partial charge in [-0.05, 0) is 50.6 Å². The highest BCUT2D eigenvalue weighted by atomic mass is 19.4. The zero-order chi connectivity index (χ0) is 13.2. The Hall–Kier alpha value is -1.23. The van der Waals surface area contributed by atoms with Gasteiger partial charge < -0.3 is 10.1 Å². The maximum atomic E-state index is 12.4. The molecular formula is C13H16F3NO. The van der Waals surface area contributed by atoms with Crippen LogP contribution < -0.4 is 10.1 Å². The molecule has 0 saturated carbocycles. The van der Waals surface area contributed by atoms with Crippen molar-refractivity contribution in [3.63, 3.8) is 0 Å². The molecule has 5 heteroatoms. The van der Waals surface area contributed by atoms with Crippen LogP contribution in [0.25, 0.3) is 0 Å². The lowest BCUT2D eigenvalue weighted by Gasteiger charge is -2.34. The highest BCUT2D eigenvalue weighted by Gasteiger charge is 2.31. The van der Waals surface area contributed by atoms with E-state index >= 15 is 0 Å². The summed E-state index contributed by atoms with van der Waals surface area (Å²) in [7, 11) is 0. The van der Waals surface area contributed by atoms with E-state index in [1.807, 2.05) is 6.92 Å². The minimum absolute atomic E-state index is 0.335. The van der Waals surface area contributed by atoms with E-state index in [2.05, 4.69) is 5.32 Å². The third-order valence-electron chi connectivity index (χ3n) is 3.10. The SMILES string of the molecule is C[C@]1(Oc2ccc(C(F)(F)F)cc2)CCCNC1. The van der Waals surface area contributed by atoms with Crippen LogP contribution in [-0.4, -0.2) is 18.7 Å². The molecule has 1 aliphatic heterocycles. The summed E-state index contributed by atoms with van der Waals surface area (Å²) < 4.78 is 43.0. The molecule has 0 radical (unpaired) electrons. The number of ether oxygens (including phenoxy) is 1. The second-order valence-electron chi connectivity index (χ2n) is 4.85. The zero-order valence-corrected chi connectivity index (χ0v) is 10.2. The van der Waals surface area contributed by atoms with Crippen LogP contribution in [0.15, 0.2) is 24.3 Å². The van der Waals surface area contributed by atoms with Gasteiger partial charge in [0.15, 0.2) is 0 Å². The normalized spacial score (nSPS) is 24.9. The first-order valence-electron chi connectivity index (χ1n) is 5.96. The fourth-order valence-electron chi connectivity index (χ4n) is 2.11. The van der Waals surface area contributed by atoms with Gasteiger partial charge in [0.05, 0.1) is 5.56 Å². The van der Waals surface area contributed by atoms with Crippen molar-refractivity contribution in [2.45, 2.75) is 31.5 Å². The molecule has 1 atom stereocenters. The van der Waals surface area contributed by atoms with Gasteiger partial charge in [0.1, 0.15) is 11.4 Å². The third-order valence-corrected chi connectivity index (χ3v) is 3.10. The number of benzene rings is 1. The molecule has 0 unspecified atom stereocenters. The van der Waals surface area contributed by atoms with Gasteiger partial charge in [-0.1, -0.05) is 0 Å². The molecule has 1 aromatic rings. The van der Waals surface area contributed by atoms with Crippen molar-refractivity contribution < 1.29 is 17.9 Å². The Morgan fingerprint density at radius 1 is 1.22 bits per heavy atom. The number of nitrogens with one attached hydrogen (secondary N) is 1. The number of rotatable bonds is 2. The van der Waals surface area contributed by atoms with Crippen molar-refractivity contribution in [2.75, 3.05) is 13.1 Å². The van der Waals surface area contributed by atoms with Crippen molar-refractivity contribution in [3.8, 4) is 5.75 Å². The molecule has 2 rings (SSSR count). The maximum Gasteiger partial charge on any atom is 0.416 e. The Bertz CT molecular complexity index is 394. The van der Waals surface area contributed by atoms with Gasteiger partial charge in [0, 0.05) is 6.54 Å². The molecule has 18 heavy (non-hydrogen) atoms. The Morgan fingerprint density at radius 3 is 2.39 bits per heavy atom. The van der Waals surface area contributed by atoms with Crippen LogP contribution >= 0.6 is 0 Å². The van der Waals surface area contributed by atoms with Gasteiger partial charge in [-0.15, -0.1) is 0 Å². The Kier molecular flexibility index (Phi) is 3.52. The van der Waals surface area contributed by atoms with Crippen molar-refractivity contribution in [1.82, 2.24) is 5.32 Å². The summed E-state index contributed by atoms with van der Waals surface area (Å²) in [6.45, 7) is 3.65. The van der Waals surface area contributed by atoms with E-state index < -0.39 is 11.7 Å². The predicted molar refractivity (Wildman–Crippen MR) is 62.6 cm³/mol. The van der Waals surface area contributed by atoms with E-state index in [9.17, 15) is 13.2 Å². The quantitative estimate of drug-likeness (QED) is 0.880. The van der Waals surface area contributed by atoms with Crippen LogP contribution in [-0.2, 0) is 6.18 Å². The highest BCUT2D eigenvalue weighted by molar-refractivity contribution is 5.29. The molecule has 1 aliphatic rings. The van der Waals surface area contributed by atoms with Crippen molar-refractivity contribution >= 4 is 0 Å². The first-order chi connectivity index (χ1) is 8.39. The van der Waals surface area contributed by atoms with Crippen molar-refractivity contribution in [2.24, 2.45) is 0 Å². The molecule has 1 saturated heterocycles. The van der Waals surface area contributed by atoms with Crippen molar-refractivity contribution in [3.05, 3.63) is 29.8 Å². The molecule has 1 fully saturated rings. The summed E-state index contributed by atoms with van der Waals surface area (Å²) in [6.07, 6.45) is -2.38. The second-order valence-corrected chi connectivity index (χ2v) is 4.85. The topological polar surface area (TPSA) is 21.3 Å². The Balaban J connectivity index is 2.06. The minimum atomic E-state index is -4.30. The van der Waals surface area contributed by atoms with E-state index in [-0.39, 0.29) is 5.60 Å². The van der Waals surface area contributed by atoms with Gasteiger partial charge in [-0.2, -0.15) is 13.2 Å². The summed E-state index contributed by atoms with van der Waals surface area (Å²) in [4.78, 5) is 0. The Morgan fingerprint density at radius 2 is 1.89 bits per heavy atom. The summed E-state index contributed by atoms with van der Waals surface area (Å²) in [6, 6.07) is 4.86. The molecule has 2 nitrogen and oxygen atoms in total. The molecular weight excluding hydrogens is 243 g/mol. The van der Waals surface area contributed by atoms with Gasteiger partial charge in [0.25, 0.3) is 0 Å². The van der Waals surface area contributed by atoms with Gasteiger partial charge in [-0.3, -0.25) is 0 Å². The molecule has 0 aliphatic carbocycles. The van der Waals surface area contributed by atoms with Gasteiger partial charge in [0.2, 0.25) is 0 Å². The number of halogens is 3. The average Bonchev–Trinajstić information content (AvgIpc) is 2.29. The fourth-order valence-corrected chi connectivity index (χ4v) is 2.11. The Labute approximate surface area is 104 Å². The summed E-state index contributed by atoms with van der Waals surface area (Å²) in [5.74, 6) is 0.481. The lowest BCUT2D eigenvalue weighted by atomic mass is 9.96. The van der Waals surface area contributed by atoms with Crippen LogP contribution in [0.5, 0.6) is 5.75 Å². The smallest absolute Gasteiger partial charge is 0.416 e. The average molecular weight is 259 g/mol. The number of hydrogen-bond acceptors (Lipinski definition) is 2. The van der Waals surface area contributed by atoms with Crippen LogP contribution in [0.2, 0.25) is 0 Å². The number of hydrogen-bond donors (Lipinski definition) is 1. The summed E-state index contributed by atoms with van der Waals surface area (Å²) in [5.41, 5.74) is -0.986. The molecule has 0 amide bonds. The lowest BCUT2D eigenvalue weighted by Crippen LogP contribution is -2.47. The first kappa shape index (κ1) is 13.2. The second kappa shape index (κ2) is 4.80. The molecule has 1 N–H and O–H groups in total. The highest BCUT2D eigenvalue weighted by Crippen LogP contribution is 2.31. The molecule has 1 aromatic carbocycles. The van der Waals surface area contributed by atoms with Crippen LogP contribution in [0, 0.1) is 0 Å². The maximum absolute atomic E-state index is 12.4. The number of piperidine rings is 1. The van der Waals surface area contributed by atoms with Crippen molar-refractivity contribution in [1.29, 1.82) is 0 Å². The largest absolute Gasteiger partial charge is 0.486 e. The van der Waals surface area contributed by atoms with E-state index in [1.54, 1.807) is 0 Å². The summed E-state index contributed by atoms with van der Waals surface area (Å²) in [5, 5.41) is 3.23. The van der Waals surface area contributed by atoms with Crippen LogP contribution in [0.3, 0.4) is 0 Å². The van der Waals surface area contributed by atoms with E-state index in [4.69, 9.17) is 4.74 Å². The monoisotopic (exact) mass is 259 g/mol. The van der Waals surface area contributed by atoms with E-state index in [0.29, 0.717) is 12.3 Å². The van der Waals surface area contributed by atoms with E-state index in [1.165, 1.54) is 12.1 Å². The first-order valence-corrected chi connectivity index (χ1v) is 5.96. The lowest BCUT2D eigenvalue weighted by molar-refractivity contribution is -0.137. The summed E-state index contributed by atoms with van der Waals surface area (Å²) >= 11 is 0. The van der Waals surface area contributed by atoms with Crippen LogP contribution in [0.1, 0.15) is 25.3 Å². The molecule has 100 valence electrons.